The van der Waals surface area contributed by atoms with Crippen molar-refractivity contribution in [3.05, 3.63) is 47.0 Å². The van der Waals surface area contributed by atoms with Crippen molar-refractivity contribution in [1.29, 1.82) is 0 Å². The molecule has 0 aromatic carbocycles. The maximum absolute atomic E-state index is 6.18. The Labute approximate surface area is 106 Å². The largest absolute Gasteiger partial charge is 0.305 e. The summed E-state index contributed by atoms with van der Waals surface area (Å²) in [5.41, 5.74) is 1.90. The van der Waals surface area contributed by atoms with E-state index in [1.807, 2.05) is 31.6 Å². The highest BCUT2D eigenvalue weighted by molar-refractivity contribution is 6.31. The lowest BCUT2D eigenvalue weighted by atomic mass is 10.1. The fourth-order valence-corrected chi connectivity index (χ4v) is 2.01. The van der Waals surface area contributed by atoms with Crippen LogP contribution in [-0.4, -0.2) is 21.3 Å². The number of nitrogens with one attached hydrogen (secondary N) is 1. The summed E-state index contributed by atoms with van der Waals surface area (Å²) in [5, 5.41) is 8.22. The first-order valence-corrected chi connectivity index (χ1v) is 5.92. The van der Waals surface area contributed by atoms with Crippen molar-refractivity contribution in [2.45, 2.75) is 13.0 Å². The third-order valence-corrected chi connectivity index (χ3v) is 2.85. The lowest BCUT2D eigenvalue weighted by molar-refractivity contribution is 0.615. The summed E-state index contributed by atoms with van der Waals surface area (Å²) in [4.78, 5) is 4.35. The summed E-state index contributed by atoms with van der Waals surface area (Å²) < 4.78 is 1.77. The Morgan fingerprint density at radius 3 is 2.94 bits per heavy atom. The average Bonchev–Trinajstić information content (AvgIpc) is 2.74. The van der Waals surface area contributed by atoms with Gasteiger partial charge < -0.3 is 5.32 Å². The Kier molecular flexibility index (Phi) is 3.76. The van der Waals surface area contributed by atoms with E-state index < -0.39 is 0 Å². The van der Waals surface area contributed by atoms with Crippen molar-refractivity contribution >= 4 is 11.6 Å². The van der Waals surface area contributed by atoms with E-state index in [0.717, 1.165) is 17.8 Å². The number of hydrogen-bond acceptors (Lipinski definition) is 3. The third-order valence-electron chi connectivity index (χ3n) is 2.53. The Bertz CT molecular complexity index is 495. The molecule has 0 fully saturated rings. The van der Waals surface area contributed by atoms with Gasteiger partial charge in [-0.2, -0.15) is 5.10 Å². The molecule has 0 saturated carbocycles. The molecule has 0 aliphatic rings. The average molecular weight is 251 g/mol. The quantitative estimate of drug-likeness (QED) is 0.904. The number of aromatic nitrogens is 3. The molecule has 2 aromatic heterocycles. The summed E-state index contributed by atoms with van der Waals surface area (Å²) in [5.74, 6) is 0. The molecule has 90 valence electrons. The van der Waals surface area contributed by atoms with Crippen molar-refractivity contribution < 1.29 is 0 Å². The van der Waals surface area contributed by atoms with Crippen LogP contribution in [-0.2, 0) is 7.05 Å². The Morgan fingerprint density at radius 2 is 2.35 bits per heavy atom. The molecule has 1 N–H and O–H groups in total. The molecule has 2 heterocycles. The Balaban J connectivity index is 2.39. The maximum Gasteiger partial charge on any atom is 0.0805 e. The molecule has 0 radical (unpaired) electrons. The zero-order chi connectivity index (χ0) is 12.3. The van der Waals surface area contributed by atoms with Crippen molar-refractivity contribution in [2.24, 2.45) is 7.05 Å². The van der Waals surface area contributed by atoms with Crippen molar-refractivity contribution in [1.82, 2.24) is 20.1 Å². The fraction of sp³-hybridized carbons (Fsp3) is 0.333. The Hall–Kier alpha value is -1.39. The first-order valence-electron chi connectivity index (χ1n) is 5.54. The van der Waals surface area contributed by atoms with Gasteiger partial charge in [-0.3, -0.25) is 9.67 Å². The van der Waals surface area contributed by atoms with Crippen LogP contribution < -0.4 is 5.32 Å². The smallest absolute Gasteiger partial charge is 0.0805 e. The molecule has 2 aromatic rings. The molecular formula is C12H15ClN4. The van der Waals surface area contributed by atoms with E-state index in [1.54, 1.807) is 10.9 Å². The second-order valence-electron chi connectivity index (χ2n) is 3.81. The van der Waals surface area contributed by atoms with Gasteiger partial charge in [-0.15, -0.1) is 0 Å². The van der Waals surface area contributed by atoms with Gasteiger partial charge in [0.1, 0.15) is 0 Å². The zero-order valence-electron chi connectivity index (χ0n) is 9.89. The normalized spacial score (nSPS) is 12.6. The zero-order valence-corrected chi connectivity index (χ0v) is 10.6. The minimum Gasteiger partial charge on any atom is -0.305 e. The summed E-state index contributed by atoms with van der Waals surface area (Å²) >= 11 is 6.18. The van der Waals surface area contributed by atoms with Crippen LogP contribution in [0.5, 0.6) is 0 Å². The van der Waals surface area contributed by atoms with E-state index in [0.29, 0.717) is 5.02 Å². The van der Waals surface area contributed by atoms with Gasteiger partial charge in [0.05, 0.1) is 23.0 Å². The highest BCUT2D eigenvalue weighted by Crippen LogP contribution is 2.25. The summed E-state index contributed by atoms with van der Waals surface area (Å²) in [6.07, 6.45) is 5.55. The van der Waals surface area contributed by atoms with E-state index in [-0.39, 0.29) is 6.04 Å². The lowest BCUT2D eigenvalue weighted by Gasteiger charge is -2.16. The first kappa shape index (κ1) is 12.1. The summed E-state index contributed by atoms with van der Waals surface area (Å²) in [6, 6.07) is 3.67. The molecule has 1 unspecified atom stereocenters. The minimum absolute atomic E-state index is 0.0117. The van der Waals surface area contributed by atoms with E-state index >= 15 is 0 Å². The first-order chi connectivity index (χ1) is 8.22. The van der Waals surface area contributed by atoms with Crippen LogP contribution in [0.4, 0.5) is 0 Å². The molecule has 2 rings (SSSR count). The molecule has 0 aliphatic carbocycles. The topological polar surface area (TPSA) is 42.7 Å². The monoisotopic (exact) mass is 250 g/mol. The highest BCUT2D eigenvalue weighted by Gasteiger charge is 2.18. The number of rotatable bonds is 4. The van der Waals surface area contributed by atoms with Crippen molar-refractivity contribution in [3.8, 4) is 0 Å². The molecule has 0 spiro atoms. The van der Waals surface area contributed by atoms with Crippen LogP contribution >= 0.6 is 11.6 Å². The Morgan fingerprint density at radius 1 is 1.53 bits per heavy atom. The predicted octanol–water partition coefficient (Wildman–Crippen LogP) is 2.17. The van der Waals surface area contributed by atoms with Crippen LogP contribution in [0.15, 0.2) is 30.7 Å². The number of hydrogen-bond donors (Lipinski definition) is 1. The lowest BCUT2D eigenvalue weighted by Crippen LogP contribution is -2.22. The van der Waals surface area contributed by atoms with Crippen LogP contribution in [0.1, 0.15) is 24.2 Å². The molecule has 5 heteroatoms. The van der Waals surface area contributed by atoms with Crippen molar-refractivity contribution in [2.75, 3.05) is 6.54 Å². The van der Waals surface area contributed by atoms with E-state index in [4.69, 9.17) is 11.6 Å². The second-order valence-corrected chi connectivity index (χ2v) is 4.22. The van der Waals surface area contributed by atoms with Gasteiger partial charge in [-0.05, 0) is 18.7 Å². The molecule has 0 saturated heterocycles. The van der Waals surface area contributed by atoms with Gasteiger partial charge in [0.25, 0.3) is 0 Å². The highest BCUT2D eigenvalue weighted by atomic mass is 35.5. The van der Waals surface area contributed by atoms with Gasteiger partial charge in [0.15, 0.2) is 0 Å². The number of aryl methyl sites for hydroxylation is 1. The molecule has 1 atom stereocenters. The van der Waals surface area contributed by atoms with Gasteiger partial charge in [0.2, 0.25) is 0 Å². The minimum atomic E-state index is -0.0117. The molecule has 17 heavy (non-hydrogen) atoms. The molecular weight excluding hydrogens is 236 g/mol. The second kappa shape index (κ2) is 5.29. The van der Waals surface area contributed by atoms with E-state index in [9.17, 15) is 0 Å². The number of nitrogens with zero attached hydrogens (tertiary/aromatic N) is 3. The standard InChI is InChI=1S/C12H15ClN4/c1-3-14-11(9-7-16-17(2)8-9)12-10(13)5-4-6-15-12/h4-8,11,14H,3H2,1-2H3. The van der Waals surface area contributed by atoms with E-state index in [1.165, 1.54) is 0 Å². The van der Waals surface area contributed by atoms with Gasteiger partial charge >= 0.3 is 0 Å². The maximum atomic E-state index is 6.18. The van der Waals surface area contributed by atoms with Gasteiger partial charge in [-0.1, -0.05) is 18.5 Å². The van der Waals surface area contributed by atoms with Crippen LogP contribution in [0.2, 0.25) is 5.02 Å². The summed E-state index contributed by atoms with van der Waals surface area (Å²) in [7, 11) is 1.90. The number of halogens is 1. The summed E-state index contributed by atoms with van der Waals surface area (Å²) in [6.45, 7) is 2.90. The van der Waals surface area contributed by atoms with Gasteiger partial charge in [0, 0.05) is 25.0 Å². The predicted molar refractivity (Wildman–Crippen MR) is 68.0 cm³/mol. The number of pyridine rings is 1. The molecule has 0 aliphatic heterocycles. The molecule has 4 nitrogen and oxygen atoms in total. The SMILES string of the molecule is CCNC(c1cnn(C)c1)c1ncccc1Cl. The van der Waals surface area contributed by atoms with Crippen molar-refractivity contribution in [3.63, 3.8) is 0 Å². The molecule has 0 bridgehead atoms. The fourth-order valence-electron chi connectivity index (χ4n) is 1.78. The van der Waals surface area contributed by atoms with Crippen LogP contribution in [0.3, 0.4) is 0 Å². The van der Waals surface area contributed by atoms with Gasteiger partial charge in [-0.25, -0.2) is 0 Å². The third kappa shape index (κ3) is 2.65. The molecule has 0 amide bonds. The van der Waals surface area contributed by atoms with Crippen LogP contribution in [0, 0.1) is 0 Å². The van der Waals surface area contributed by atoms with Crippen LogP contribution in [0.25, 0.3) is 0 Å². The van der Waals surface area contributed by atoms with E-state index in [2.05, 4.69) is 22.3 Å².